The van der Waals surface area contributed by atoms with Crippen molar-refractivity contribution >= 4 is 39.5 Å². The molecule has 4 amide bonds. The van der Waals surface area contributed by atoms with Crippen molar-refractivity contribution in [1.82, 2.24) is 10.2 Å². The third-order valence-electron chi connectivity index (χ3n) is 3.59. The Hall–Kier alpha value is -2.71. The van der Waals surface area contributed by atoms with E-state index in [0.29, 0.717) is 11.3 Å². The van der Waals surface area contributed by atoms with Crippen LogP contribution < -0.4 is 16.4 Å². The van der Waals surface area contributed by atoms with Gasteiger partial charge in [0.25, 0.3) is 0 Å². The number of rotatable bonds is 6. The maximum atomic E-state index is 12.4. The lowest BCUT2D eigenvalue weighted by molar-refractivity contribution is -0.126. The molecule has 0 aliphatic rings. The normalized spacial score (nSPS) is 11.7. The van der Waals surface area contributed by atoms with Gasteiger partial charge in [0.05, 0.1) is 12.2 Å². The first-order valence-electron chi connectivity index (χ1n) is 7.78. The van der Waals surface area contributed by atoms with Crippen molar-refractivity contribution in [3.05, 3.63) is 64.6 Å². The van der Waals surface area contributed by atoms with Crippen LogP contribution in [0.4, 0.5) is 10.5 Å². The van der Waals surface area contributed by atoms with Gasteiger partial charge in [0.15, 0.2) is 0 Å². The van der Waals surface area contributed by atoms with Gasteiger partial charge in [-0.25, -0.2) is 4.79 Å². The Morgan fingerprint density at radius 2 is 1.69 bits per heavy atom. The van der Waals surface area contributed by atoms with Crippen molar-refractivity contribution in [1.29, 1.82) is 0 Å². The van der Waals surface area contributed by atoms with Gasteiger partial charge in [-0.2, -0.15) is 0 Å². The summed E-state index contributed by atoms with van der Waals surface area (Å²) in [5, 5.41) is 4.85. The summed E-state index contributed by atoms with van der Waals surface area (Å²) in [6.07, 6.45) is 0. The maximum Gasteiger partial charge on any atom is 0.318 e. The molecule has 0 fully saturated rings. The second kappa shape index (κ2) is 9.12. The van der Waals surface area contributed by atoms with E-state index in [1.165, 1.54) is 0 Å². The van der Waals surface area contributed by atoms with Crippen LogP contribution in [-0.4, -0.2) is 36.3 Å². The molecule has 0 bridgehead atoms. The number of anilines is 1. The van der Waals surface area contributed by atoms with E-state index >= 15 is 0 Å². The minimum Gasteiger partial charge on any atom is -0.351 e. The number of nitrogens with zero attached hydrogens (tertiary/aromatic N) is 1. The van der Waals surface area contributed by atoms with Gasteiger partial charge in [0.1, 0.15) is 6.04 Å². The lowest BCUT2D eigenvalue weighted by Crippen LogP contribution is -2.45. The molecule has 0 radical (unpaired) electrons. The molecule has 0 aliphatic heterocycles. The summed E-state index contributed by atoms with van der Waals surface area (Å²) < 4.78 is 0.752. The van der Waals surface area contributed by atoms with E-state index in [1.54, 1.807) is 48.3 Å². The van der Waals surface area contributed by atoms with Crippen LogP contribution in [0.1, 0.15) is 11.6 Å². The number of hydrogen-bond donors (Lipinski definition) is 3. The molecule has 2 rings (SSSR count). The number of primary amides is 1. The molecule has 1 unspecified atom stereocenters. The van der Waals surface area contributed by atoms with E-state index in [4.69, 9.17) is 5.73 Å². The lowest BCUT2D eigenvalue weighted by atomic mass is 10.0. The van der Waals surface area contributed by atoms with Crippen LogP contribution in [0.25, 0.3) is 0 Å². The van der Waals surface area contributed by atoms with E-state index in [-0.39, 0.29) is 12.5 Å². The first-order chi connectivity index (χ1) is 12.4. The molecule has 136 valence electrons. The third kappa shape index (κ3) is 5.40. The highest BCUT2D eigenvalue weighted by molar-refractivity contribution is 9.10. The largest absolute Gasteiger partial charge is 0.351 e. The third-order valence-corrected chi connectivity index (χ3v) is 4.28. The van der Waals surface area contributed by atoms with Crippen molar-refractivity contribution < 1.29 is 14.4 Å². The Morgan fingerprint density at radius 3 is 2.31 bits per heavy atom. The summed E-state index contributed by atoms with van der Waals surface area (Å²) in [4.78, 5) is 37.4. The Bertz CT molecular complexity index is 798. The average Bonchev–Trinajstić information content (AvgIpc) is 2.57. The zero-order valence-electron chi connectivity index (χ0n) is 14.1. The van der Waals surface area contributed by atoms with Gasteiger partial charge in [-0.05, 0) is 40.7 Å². The zero-order valence-corrected chi connectivity index (χ0v) is 15.7. The van der Waals surface area contributed by atoms with Gasteiger partial charge < -0.3 is 11.1 Å². The number of likely N-dealkylation sites (N-methyl/N-ethyl adjacent to an activating group) is 1. The fourth-order valence-electron chi connectivity index (χ4n) is 2.50. The first kappa shape index (κ1) is 19.6. The fourth-order valence-corrected chi connectivity index (χ4v) is 2.89. The van der Waals surface area contributed by atoms with E-state index in [2.05, 4.69) is 26.6 Å². The standard InChI is InChI=1S/C18H19BrN4O3/c1-23(11-15(24)21-14-10-6-5-9-13(14)19)16(17(25)22-18(20)26)12-7-3-2-4-8-12/h2-10,16H,11H2,1H3,(H,21,24)(H3,20,22,25,26). The molecule has 0 heterocycles. The van der Waals surface area contributed by atoms with Gasteiger partial charge in [0.2, 0.25) is 11.8 Å². The number of carbonyl (C=O) groups excluding carboxylic acids is 3. The van der Waals surface area contributed by atoms with E-state index in [0.717, 1.165) is 4.47 Å². The number of hydrogen-bond acceptors (Lipinski definition) is 4. The highest BCUT2D eigenvalue weighted by atomic mass is 79.9. The fraction of sp³-hybridized carbons (Fsp3) is 0.167. The van der Waals surface area contributed by atoms with Crippen molar-refractivity contribution in [2.75, 3.05) is 18.9 Å². The monoisotopic (exact) mass is 418 g/mol. The molecule has 0 spiro atoms. The maximum absolute atomic E-state index is 12.4. The number of carbonyl (C=O) groups is 3. The Morgan fingerprint density at radius 1 is 1.08 bits per heavy atom. The van der Waals surface area contributed by atoms with Crippen LogP contribution >= 0.6 is 15.9 Å². The second-order valence-electron chi connectivity index (χ2n) is 5.61. The zero-order chi connectivity index (χ0) is 19.1. The predicted octanol–water partition coefficient (Wildman–Crippen LogP) is 2.26. The van der Waals surface area contributed by atoms with Crippen LogP contribution in [0, 0.1) is 0 Å². The quantitative estimate of drug-likeness (QED) is 0.668. The summed E-state index contributed by atoms with van der Waals surface area (Å²) >= 11 is 3.36. The molecule has 4 N–H and O–H groups in total. The molecule has 7 nitrogen and oxygen atoms in total. The van der Waals surface area contributed by atoms with Gasteiger partial charge in [-0.3, -0.25) is 19.8 Å². The lowest BCUT2D eigenvalue weighted by Gasteiger charge is -2.26. The molecular formula is C18H19BrN4O3. The number of urea groups is 1. The second-order valence-corrected chi connectivity index (χ2v) is 6.46. The van der Waals surface area contributed by atoms with Crippen LogP contribution in [0.15, 0.2) is 59.1 Å². The number of amides is 4. The molecular weight excluding hydrogens is 400 g/mol. The smallest absolute Gasteiger partial charge is 0.318 e. The highest BCUT2D eigenvalue weighted by Gasteiger charge is 2.27. The molecule has 26 heavy (non-hydrogen) atoms. The number of halogens is 1. The molecule has 0 saturated carbocycles. The SMILES string of the molecule is CN(CC(=O)Nc1ccccc1Br)C(C(=O)NC(N)=O)c1ccccc1. The molecule has 0 saturated heterocycles. The van der Waals surface area contributed by atoms with E-state index in [9.17, 15) is 14.4 Å². The molecule has 1 atom stereocenters. The van der Waals surface area contributed by atoms with Crippen LogP contribution in [0.5, 0.6) is 0 Å². The van der Waals surface area contributed by atoms with Crippen molar-refractivity contribution in [3.63, 3.8) is 0 Å². The summed E-state index contributed by atoms with van der Waals surface area (Å²) in [6, 6.07) is 14.3. The minimum absolute atomic E-state index is 0.0624. The summed E-state index contributed by atoms with van der Waals surface area (Å²) in [7, 11) is 1.62. The topological polar surface area (TPSA) is 105 Å². The Labute approximate surface area is 159 Å². The van der Waals surface area contributed by atoms with Crippen LogP contribution in [0.2, 0.25) is 0 Å². The number of benzene rings is 2. The number of nitrogens with one attached hydrogen (secondary N) is 2. The number of imide groups is 1. The van der Waals surface area contributed by atoms with Crippen molar-refractivity contribution in [2.24, 2.45) is 5.73 Å². The number of para-hydroxylation sites is 1. The summed E-state index contributed by atoms with van der Waals surface area (Å²) in [6.45, 7) is -0.0624. The van der Waals surface area contributed by atoms with Crippen molar-refractivity contribution in [3.8, 4) is 0 Å². The molecule has 2 aromatic rings. The Balaban J connectivity index is 2.14. The Kier molecular flexibility index (Phi) is 6.88. The summed E-state index contributed by atoms with van der Waals surface area (Å²) in [5.74, 6) is -0.896. The van der Waals surface area contributed by atoms with E-state index < -0.39 is 18.0 Å². The van der Waals surface area contributed by atoms with Gasteiger partial charge in [0, 0.05) is 4.47 Å². The molecule has 0 aliphatic carbocycles. The highest BCUT2D eigenvalue weighted by Crippen LogP contribution is 2.22. The average molecular weight is 419 g/mol. The van der Waals surface area contributed by atoms with E-state index in [1.807, 2.05) is 18.2 Å². The molecule has 8 heteroatoms. The predicted molar refractivity (Wildman–Crippen MR) is 102 cm³/mol. The first-order valence-corrected chi connectivity index (χ1v) is 8.57. The molecule has 0 aromatic heterocycles. The van der Waals surface area contributed by atoms with Crippen molar-refractivity contribution in [2.45, 2.75) is 6.04 Å². The van der Waals surface area contributed by atoms with Crippen LogP contribution in [-0.2, 0) is 9.59 Å². The van der Waals surface area contributed by atoms with Gasteiger partial charge in [-0.1, -0.05) is 42.5 Å². The van der Waals surface area contributed by atoms with Gasteiger partial charge >= 0.3 is 6.03 Å². The van der Waals surface area contributed by atoms with Crippen LogP contribution in [0.3, 0.4) is 0 Å². The minimum atomic E-state index is -0.943. The molecule has 2 aromatic carbocycles. The van der Waals surface area contributed by atoms with Gasteiger partial charge in [-0.15, -0.1) is 0 Å². The number of nitrogens with two attached hydrogens (primary N) is 1. The summed E-state index contributed by atoms with van der Waals surface area (Å²) in [5.41, 5.74) is 6.33.